The molecule has 0 N–H and O–H groups in total. The Hall–Kier alpha value is -3.73. The summed E-state index contributed by atoms with van der Waals surface area (Å²) in [6.07, 6.45) is 0.349. The fraction of sp³-hybridized carbons (Fsp3) is 0.360. The molecular formula is C25H26N2O8S. The van der Waals surface area contributed by atoms with Crippen molar-refractivity contribution in [2.75, 3.05) is 36.2 Å². The molecule has 2 aliphatic heterocycles. The zero-order valence-corrected chi connectivity index (χ0v) is 20.7. The SMILES string of the molecule is CCOc1ccc(N2C(=O)c3ccc(C(=O)OCC(=O)N(CC)[C@@H]4CCS(=O)(=O)C4)cc3C2=O)cc1. The van der Waals surface area contributed by atoms with Crippen LogP contribution in [0, 0.1) is 0 Å². The Bertz CT molecular complexity index is 1320. The van der Waals surface area contributed by atoms with Gasteiger partial charge in [0.15, 0.2) is 16.4 Å². The lowest BCUT2D eigenvalue weighted by molar-refractivity contribution is -0.136. The van der Waals surface area contributed by atoms with E-state index in [1.54, 1.807) is 31.2 Å². The number of benzene rings is 2. The normalized spacial score (nSPS) is 18.2. The van der Waals surface area contributed by atoms with Crippen LogP contribution in [0.1, 0.15) is 51.3 Å². The van der Waals surface area contributed by atoms with Crippen molar-refractivity contribution in [1.82, 2.24) is 4.90 Å². The number of carbonyl (C=O) groups excluding carboxylic acids is 4. The molecule has 2 heterocycles. The zero-order chi connectivity index (χ0) is 26.0. The summed E-state index contributed by atoms with van der Waals surface area (Å²) in [5, 5.41) is 0. The van der Waals surface area contributed by atoms with Crippen molar-refractivity contribution in [2.45, 2.75) is 26.3 Å². The summed E-state index contributed by atoms with van der Waals surface area (Å²) in [5.41, 5.74) is 0.595. The molecule has 2 aromatic carbocycles. The number of anilines is 1. The molecule has 2 aromatic rings. The molecule has 11 heteroatoms. The Kier molecular flexibility index (Phi) is 7.11. The van der Waals surface area contributed by atoms with Gasteiger partial charge in [0.1, 0.15) is 5.75 Å². The van der Waals surface area contributed by atoms with Crippen LogP contribution < -0.4 is 9.64 Å². The number of amides is 3. The molecule has 0 aromatic heterocycles. The quantitative estimate of drug-likeness (QED) is 0.387. The number of carbonyl (C=O) groups is 4. The van der Waals surface area contributed by atoms with E-state index < -0.39 is 46.2 Å². The molecule has 0 unspecified atom stereocenters. The summed E-state index contributed by atoms with van der Waals surface area (Å²) < 4.78 is 34.0. The van der Waals surface area contributed by atoms with Gasteiger partial charge in [0.05, 0.1) is 40.5 Å². The van der Waals surface area contributed by atoms with Crippen LogP contribution in [0.3, 0.4) is 0 Å². The molecule has 2 aliphatic rings. The van der Waals surface area contributed by atoms with E-state index in [1.807, 2.05) is 6.92 Å². The minimum Gasteiger partial charge on any atom is -0.494 e. The number of sulfone groups is 1. The largest absolute Gasteiger partial charge is 0.494 e. The van der Waals surface area contributed by atoms with Gasteiger partial charge in [-0.25, -0.2) is 18.1 Å². The van der Waals surface area contributed by atoms with Gasteiger partial charge < -0.3 is 14.4 Å². The monoisotopic (exact) mass is 514 g/mol. The predicted octanol–water partition coefficient (Wildman–Crippen LogP) is 2.08. The van der Waals surface area contributed by atoms with Crippen molar-refractivity contribution in [3.05, 3.63) is 59.2 Å². The molecule has 0 radical (unpaired) electrons. The Morgan fingerprint density at radius 2 is 1.72 bits per heavy atom. The summed E-state index contributed by atoms with van der Waals surface area (Å²) >= 11 is 0. The molecular weight excluding hydrogens is 488 g/mol. The Balaban J connectivity index is 1.44. The zero-order valence-electron chi connectivity index (χ0n) is 19.9. The Labute approximate surface area is 208 Å². The van der Waals surface area contributed by atoms with Crippen molar-refractivity contribution >= 4 is 39.2 Å². The van der Waals surface area contributed by atoms with E-state index in [2.05, 4.69) is 0 Å². The molecule has 0 spiro atoms. The smallest absolute Gasteiger partial charge is 0.338 e. The van der Waals surface area contributed by atoms with E-state index in [-0.39, 0.29) is 34.7 Å². The summed E-state index contributed by atoms with van der Waals surface area (Å²) in [6.45, 7) is 3.78. The van der Waals surface area contributed by atoms with Crippen LogP contribution in [0.15, 0.2) is 42.5 Å². The number of rotatable bonds is 8. The second kappa shape index (κ2) is 10.1. The Morgan fingerprint density at radius 1 is 1.03 bits per heavy atom. The predicted molar refractivity (Wildman–Crippen MR) is 130 cm³/mol. The first-order valence-corrected chi connectivity index (χ1v) is 13.4. The molecule has 0 saturated carbocycles. The number of nitrogens with zero attached hydrogens (tertiary/aromatic N) is 2. The number of ether oxygens (including phenoxy) is 2. The van der Waals surface area contributed by atoms with Crippen LogP contribution in [-0.4, -0.2) is 74.3 Å². The summed E-state index contributed by atoms with van der Waals surface area (Å²) in [5.74, 6) is -1.90. The second-order valence-corrected chi connectivity index (χ2v) is 10.7. The fourth-order valence-electron chi connectivity index (χ4n) is 4.41. The highest BCUT2D eigenvalue weighted by atomic mass is 32.2. The van der Waals surface area contributed by atoms with Crippen molar-refractivity contribution in [3.8, 4) is 5.75 Å². The standard InChI is InChI=1S/C25H26N2O8S/c1-3-26(18-11-12-36(32,33)15-18)22(28)14-35-25(31)16-5-10-20-21(13-16)24(30)27(23(20)29)17-6-8-19(9-7-17)34-4-2/h5-10,13,18H,3-4,11-12,14-15H2,1-2H3/t18-/m1/s1. The van der Waals surface area contributed by atoms with Crippen LogP contribution in [0.4, 0.5) is 5.69 Å². The minimum atomic E-state index is -3.17. The fourth-order valence-corrected chi connectivity index (χ4v) is 6.14. The van der Waals surface area contributed by atoms with Crippen molar-refractivity contribution in [3.63, 3.8) is 0 Å². The summed E-state index contributed by atoms with van der Waals surface area (Å²) in [7, 11) is -3.17. The van der Waals surface area contributed by atoms with Crippen molar-refractivity contribution in [2.24, 2.45) is 0 Å². The van der Waals surface area contributed by atoms with Crippen LogP contribution in [0.5, 0.6) is 5.75 Å². The van der Waals surface area contributed by atoms with E-state index in [4.69, 9.17) is 9.47 Å². The van der Waals surface area contributed by atoms with Crippen LogP contribution in [0.25, 0.3) is 0 Å². The van der Waals surface area contributed by atoms with Gasteiger partial charge in [-0.15, -0.1) is 0 Å². The number of esters is 1. The van der Waals surface area contributed by atoms with Gasteiger partial charge >= 0.3 is 5.97 Å². The molecule has 36 heavy (non-hydrogen) atoms. The third kappa shape index (κ3) is 4.97. The van der Waals surface area contributed by atoms with Crippen LogP contribution in [-0.2, 0) is 19.4 Å². The molecule has 1 fully saturated rings. The van der Waals surface area contributed by atoms with E-state index in [0.29, 0.717) is 24.5 Å². The first-order valence-electron chi connectivity index (χ1n) is 11.6. The molecule has 3 amide bonds. The van der Waals surface area contributed by atoms with Gasteiger partial charge in [-0.2, -0.15) is 0 Å². The van der Waals surface area contributed by atoms with Gasteiger partial charge in [0, 0.05) is 12.6 Å². The maximum Gasteiger partial charge on any atom is 0.338 e. The second-order valence-electron chi connectivity index (χ2n) is 8.45. The average Bonchev–Trinajstić information content (AvgIpc) is 3.34. The third-order valence-corrected chi connectivity index (χ3v) is 7.92. The average molecular weight is 515 g/mol. The first kappa shape index (κ1) is 25.4. The Morgan fingerprint density at radius 3 is 2.33 bits per heavy atom. The van der Waals surface area contributed by atoms with Crippen molar-refractivity contribution < 1.29 is 37.1 Å². The third-order valence-electron chi connectivity index (χ3n) is 6.17. The molecule has 1 atom stereocenters. The highest BCUT2D eigenvalue weighted by Crippen LogP contribution is 2.30. The van der Waals surface area contributed by atoms with Gasteiger partial charge in [0.2, 0.25) is 0 Å². The van der Waals surface area contributed by atoms with E-state index in [9.17, 15) is 27.6 Å². The van der Waals surface area contributed by atoms with Crippen LogP contribution >= 0.6 is 0 Å². The van der Waals surface area contributed by atoms with Gasteiger partial charge in [0.25, 0.3) is 17.7 Å². The lowest BCUT2D eigenvalue weighted by Gasteiger charge is -2.26. The van der Waals surface area contributed by atoms with Crippen LogP contribution in [0.2, 0.25) is 0 Å². The lowest BCUT2D eigenvalue weighted by atomic mass is 10.1. The minimum absolute atomic E-state index is 0.0164. The number of hydrogen-bond donors (Lipinski definition) is 0. The highest BCUT2D eigenvalue weighted by molar-refractivity contribution is 7.91. The molecule has 190 valence electrons. The van der Waals surface area contributed by atoms with E-state index in [1.165, 1.54) is 23.1 Å². The van der Waals surface area contributed by atoms with E-state index >= 15 is 0 Å². The highest BCUT2D eigenvalue weighted by Gasteiger charge is 2.38. The number of fused-ring (bicyclic) bond motifs is 1. The maximum absolute atomic E-state index is 13.0. The lowest BCUT2D eigenvalue weighted by Crippen LogP contribution is -2.43. The summed E-state index contributed by atoms with van der Waals surface area (Å²) in [6, 6.07) is 10.1. The molecule has 0 aliphatic carbocycles. The van der Waals surface area contributed by atoms with Crippen molar-refractivity contribution in [1.29, 1.82) is 0 Å². The number of imide groups is 1. The molecule has 0 bridgehead atoms. The van der Waals surface area contributed by atoms with E-state index in [0.717, 1.165) is 4.90 Å². The molecule has 4 rings (SSSR count). The topological polar surface area (TPSA) is 127 Å². The van der Waals surface area contributed by atoms with Gasteiger partial charge in [-0.1, -0.05) is 0 Å². The first-order chi connectivity index (χ1) is 17.1. The maximum atomic E-state index is 13.0. The number of likely N-dealkylation sites (N-methyl/N-ethyl adjacent to an activating group) is 1. The molecule has 10 nitrogen and oxygen atoms in total. The molecule has 1 saturated heterocycles. The van der Waals surface area contributed by atoms with Gasteiger partial charge in [-0.05, 0) is 62.7 Å². The number of hydrogen-bond acceptors (Lipinski definition) is 8. The van der Waals surface area contributed by atoms with Gasteiger partial charge in [-0.3, -0.25) is 14.4 Å². The summed E-state index contributed by atoms with van der Waals surface area (Å²) in [4.78, 5) is 53.5.